The van der Waals surface area contributed by atoms with Gasteiger partial charge in [0, 0.05) is 31.5 Å². The van der Waals surface area contributed by atoms with Crippen molar-refractivity contribution in [3.8, 4) is 0 Å². The molecule has 0 saturated carbocycles. The minimum absolute atomic E-state index is 1.04. The molecule has 1 aliphatic rings. The van der Waals surface area contributed by atoms with Crippen molar-refractivity contribution in [3.63, 3.8) is 0 Å². The molecule has 1 aromatic rings. The summed E-state index contributed by atoms with van der Waals surface area (Å²) in [6, 6.07) is 4.27. The van der Waals surface area contributed by atoms with Crippen LogP contribution in [0.3, 0.4) is 0 Å². The van der Waals surface area contributed by atoms with Gasteiger partial charge < -0.3 is 5.32 Å². The molecule has 2 heterocycles. The number of rotatable bonds is 2. The molecule has 0 bridgehead atoms. The first-order valence-electron chi connectivity index (χ1n) is 5.69. The minimum atomic E-state index is 1.04. The van der Waals surface area contributed by atoms with E-state index in [1.165, 1.54) is 18.5 Å². The fraction of sp³-hybridized carbons (Fsp3) is 0.583. The summed E-state index contributed by atoms with van der Waals surface area (Å²) in [5.74, 6) is 0. The molecule has 0 spiro atoms. The molecule has 3 heteroatoms. The molecule has 1 fully saturated rings. The molecule has 1 N–H and O–H groups in total. The number of nitrogens with zero attached hydrogens (tertiary/aromatic N) is 2. The third-order valence-corrected chi connectivity index (χ3v) is 2.81. The molecule has 0 amide bonds. The number of hydrogen-bond acceptors (Lipinski definition) is 3. The Bertz CT molecular complexity index is 286. The zero-order valence-corrected chi connectivity index (χ0v) is 9.37. The van der Waals surface area contributed by atoms with Crippen molar-refractivity contribution in [2.45, 2.75) is 19.9 Å². The van der Waals surface area contributed by atoms with Gasteiger partial charge in [-0.25, -0.2) is 0 Å². The maximum atomic E-state index is 4.33. The Morgan fingerprint density at radius 3 is 3.07 bits per heavy atom. The highest BCUT2D eigenvalue weighted by Gasteiger charge is 2.08. The summed E-state index contributed by atoms with van der Waals surface area (Å²) in [7, 11) is 0. The molecule has 1 saturated heterocycles. The average molecular weight is 205 g/mol. The summed E-state index contributed by atoms with van der Waals surface area (Å²) in [4.78, 5) is 6.82. The predicted molar refractivity (Wildman–Crippen MR) is 61.7 cm³/mol. The number of hydrogen-bond donors (Lipinski definition) is 1. The third-order valence-electron chi connectivity index (χ3n) is 2.81. The van der Waals surface area contributed by atoms with E-state index >= 15 is 0 Å². The van der Waals surface area contributed by atoms with Crippen LogP contribution >= 0.6 is 0 Å². The Hall–Kier alpha value is -0.930. The molecule has 15 heavy (non-hydrogen) atoms. The van der Waals surface area contributed by atoms with Gasteiger partial charge in [-0.15, -0.1) is 0 Å². The highest BCUT2D eigenvalue weighted by Crippen LogP contribution is 2.05. The van der Waals surface area contributed by atoms with Gasteiger partial charge in [-0.05, 0) is 38.1 Å². The lowest BCUT2D eigenvalue weighted by atomic mass is 10.2. The van der Waals surface area contributed by atoms with Crippen LogP contribution in [0.25, 0.3) is 0 Å². The Morgan fingerprint density at radius 1 is 1.33 bits per heavy atom. The van der Waals surface area contributed by atoms with Crippen LogP contribution in [-0.2, 0) is 6.54 Å². The van der Waals surface area contributed by atoms with E-state index in [1.807, 2.05) is 13.1 Å². The van der Waals surface area contributed by atoms with E-state index in [9.17, 15) is 0 Å². The van der Waals surface area contributed by atoms with Crippen molar-refractivity contribution < 1.29 is 0 Å². The summed E-state index contributed by atoms with van der Waals surface area (Å²) < 4.78 is 0. The van der Waals surface area contributed by atoms with Gasteiger partial charge in [0.1, 0.15) is 0 Å². The first kappa shape index (κ1) is 10.6. The molecular weight excluding hydrogens is 186 g/mol. The van der Waals surface area contributed by atoms with Gasteiger partial charge >= 0.3 is 0 Å². The normalized spacial score (nSPS) is 18.7. The quantitative estimate of drug-likeness (QED) is 0.786. The Labute approximate surface area is 91.5 Å². The fourth-order valence-electron chi connectivity index (χ4n) is 1.91. The average Bonchev–Trinajstić information content (AvgIpc) is 2.50. The number of pyridine rings is 1. The summed E-state index contributed by atoms with van der Waals surface area (Å²) in [5, 5.41) is 3.41. The van der Waals surface area contributed by atoms with Crippen molar-refractivity contribution in [2.75, 3.05) is 26.2 Å². The van der Waals surface area contributed by atoms with E-state index in [0.717, 1.165) is 31.9 Å². The highest BCUT2D eigenvalue weighted by molar-refractivity contribution is 5.12. The maximum Gasteiger partial charge on any atom is 0.0372 e. The monoisotopic (exact) mass is 205 g/mol. The largest absolute Gasteiger partial charge is 0.315 e. The van der Waals surface area contributed by atoms with E-state index < -0.39 is 0 Å². The summed E-state index contributed by atoms with van der Waals surface area (Å²) in [5.41, 5.74) is 2.42. The zero-order chi connectivity index (χ0) is 10.5. The molecule has 1 aromatic heterocycles. The van der Waals surface area contributed by atoms with Gasteiger partial charge in [0.15, 0.2) is 0 Å². The van der Waals surface area contributed by atoms with Gasteiger partial charge in [-0.1, -0.05) is 6.07 Å². The Morgan fingerprint density at radius 2 is 2.27 bits per heavy atom. The lowest BCUT2D eigenvalue weighted by Crippen LogP contribution is -2.27. The van der Waals surface area contributed by atoms with Gasteiger partial charge in [0.25, 0.3) is 0 Å². The van der Waals surface area contributed by atoms with Crippen LogP contribution in [0.4, 0.5) is 0 Å². The van der Waals surface area contributed by atoms with Crippen LogP contribution in [0.1, 0.15) is 17.7 Å². The SMILES string of the molecule is Cc1ccc(CN2CCCNCC2)cn1. The predicted octanol–water partition coefficient (Wildman–Crippen LogP) is 1.19. The first-order valence-corrected chi connectivity index (χ1v) is 5.69. The summed E-state index contributed by atoms with van der Waals surface area (Å²) in [6.45, 7) is 7.67. The highest BCUT2D eigenvalue weighted by atomic mass is 15.1. The van der Waals surface area contributed by atoms with E-state index in [0.29, 0.717) is 0 Å². The lowest BCUT2D eigenvalue weighted by Gasteiger charge is -2.19. The number of nitrogens with one attached hydrogen (secondary N) is 1. The third kappa shape index (κ3) is 3.29. The van der Waals surface area contributed by atoms with Crippen LogP contribution < -0.4 is 5.32 Å². The van der Waals surface area contributed by atoms with Crippen LogP contribution in [0.15, 0.2) is 18.3 Å². The molecule has 0 aliphatic carbocycles. The second-order valence-electron chi connectivity index (χ2n) is 4.19. The summed E-state index contributed by atoms with van der Waals surface area (Å²) >= 11 is 0. The number of aromatic nitrogens is 1. The van der Waals surface area contributed by atoms with Crippen LogP contribution in [0.2, 0.25) is 0 Å². The number of aryl methyl sites for hydroxylation is 1. The van der Waals surface area contributed by atoms with E-state index in [2.05, 4.69) is 27.3 Å². The van der Waals surface area contributed by atoms with E-state index in [-0.39, 0.29) is 0 Å². The molecule has 0 unspecified atom stereocenters. The summed E-state index contributed by atoms with van der Waals surface area (Å²) in [6.07, 6.45) is 3.24. The van der Waals surface area contributed by atoms with E-state index in [4.69, 9.17) is 0 Å². The Balaban J connectivity index is 1.92. The molecule has 82 valence electrons. The first-order chi connectivity index (χ1) is 7.34. The lowest BCUT2D eigenvalue weighted by molar-refractivity contribution is 0.284. The molecular formula is C12H19N3. The molecule has 0 radical (unpaired) electrons. The van der Waals surface area contributed by atoms with Crippen LogP contribution in [0.5, 0.6) is 0 Å². The van der Waals surface area contributed by atoms with Gasteiger partial charge in [0.05, 0.1) is 0 Å². The standard InChI is InChI=1S/C12H19N3/c1-11-3-4-12(9-14-11)10-15-7-2-5-13-6-8-15/h3-4,9,13H,2,5-8,10H2,1H3. The maximum absolute atomic E-state index is 4.33. The van der Waals surface area contributed by atoms with E-state index in [1.54, 1.807) is 0 Å². The molecule has 3 nitrogen and oxygen atoms in total. The molecule has 0 aromatic carbocycles. The fourth-order valence-corrected chi connectivity index (χ4v) is 1.91. The van der Waals surface area contributed by atoms with Crippen LogP contribution in [0, 0.1) is 6.92 Å². The van der Waals surface area contributed by atoms with Crippen molar-refractivity contribution in [2.24, 2.45) is 0 Å². The second-order valence-corrected chi connectivity index (χ2v) is 4.19. The Kier molecular flexibility index (Phi) is 3.69. The smallest absolute Gasteiger partial charge is 0.0372 e. The van der Waals surface area contributed by atoms with Crippen molar-refractivity contribution in [1.29, 1.82) is 0 Å². The molecule has 0 atom stereocenters. The van der Waals surface area contributed by atoms with Crippen LogP contribution in [-0.4, -0.2) is 36.1 Å². The molecule has 2 rings (SSSR count). The second kappa shape index (κ2) is 5.24. The van der Waals surface area contributed by atoms with Gasteiger partial charge in [0.2, 0.25) is 0 Å². The minimum Gasteiger partial charge on any atom is -0.315 e. The van der Waals surface area contributed by atoms with Gasteiger partial charge in [-0.3, -0.25) is 9.88 Å². The topological polar surface area (TPSA) is 28.2 Å². The van der Waals surface area contributed by atoms with Crippen molar-refractivity contribution >= 4 is 0 Å². The van der Waals surface area contributed by atoms with Crippen molar-refractivity contribution in [1.82, 2.24) is 15.2 Å². The van der Waals surface area contributed by atoms with Gasteiger partial charge in [-0.2, -0.15) is 0 Å². The van der Waals surface area contributed by atoms with Crippen molar-refractivity contribution in [3.05, 3.63) is 29.6 Å². The molecule has 1 aliphatic heterocycles. The zero-order valence-electron chi connectivity index (χ0n) is 9.37.